The van der Waals surface area contributed by atoms with Crippen molar-refractivity contribution in [3.63, 3.8) is 0 Å². The van der Waals surface area contributed by atoms with Gasteiger partial charge in [0.25, 0.3) is 0 Å². The van der Waals surface area contributed by atoms with Crippen LogP contribution in [0.3, 0.4) is 0 Å². The summed E-state index contributed by atoms with van der Waals surface area (Å²) >= 11 is 0. The molecule has 0 aliphatic heterocycles. The maximum atomic E-state index is 11.6. The lowest BCUT2D eigenvalue weighted by molar-refractivity contribution is -0.654. The summed E-state index contributed by atoms with van der Waals surface area (Å²) < 4.78 is 0. The number of benzene rings is 1. The summed E-state index contributed by atoms with van der Waals surface area (Å²) in [6, 6.07) is 9.35. The van der Waals surface area contributed by atoms with Crippen molar-refractivity contribution in [2.45, 2.75) is 12.8 Å². The van der Waals surface area contributed by atoms with Crippen molar-refractivity contribution < 1.29 is 27.6 Å². The van der Waals surface area contributed by atoms with E-state index in [4.69, 9.17) is 5.11 Å². The molecule has 0 aliphatic carbocycles. The summed E-state index contributed by atoms with van der Waals surface area (Å²) in [4.78, 5) is 11.6. The van der Waals surface area contributed by atoms with E-state index in [0.717, 1.165) is 25.1 Å². The third-order valence-electron chi connectivity index (χ3n) is 2.24. The molecule has 0 spiro atoms. The minimum atomic E-state index is 0. The van der Waals surface area contributed by atoms with Gasteiger partial charge in [-0.3, -0.25) is 4.79 Å². The molecule has 3 nitrogen and oxygen atoms in total. The number of carbonyl (C=O) groups excluding carboxylic acids is 1. The van der Waals surface area contributed by atoms with E-state index >= 15 is 0 Å². The first-order valence-corrected chi connectivity index (χ1v) is 5.35. The van der Waals surface area contributed by atoms with Crippen molar-refractivity contribution in [2.24, 2.45) is 0 Å². The number of ketones is 1. The van der Waals surface area contributed by atoms with Crippen molar-refractivity contribution in [3.05, 3.63) is 35.9 Å². The van der Waals surface area contributed by atoms with Crippen LogP contribution in [-0.4, -0.2) is 30.6 Å². The number of nitrogens with two attached hydrogens (primary N) is 1. The standard InChI is InChI=1S/C12H17NO2.ClH/c14-10-4-8-13-9-7-12(15)11-5-2-1-3-6-11;/h1-3,5-6,13-14H,4,7-10H2;1H. The van der Waals surface area contributed by atoms with Gasteiger partial charge in [-0.2, -0.15) is 0 Å². The SMILES string of the molecule is O=C(CC[NH2+]CCCO)c1ccccc1.[Cl-]. The number of Topliss-reactive ketones (excluding diaryl/α,β-unsaturated/α-hetero) is 1. The Bertz CT molecular complexity index is 290. The van der Waals surface area contributed by atoms with Crippen molar-refractivity contribution in [2.75, 3.05) is 19.7 Å². The lowest BCUT2D eigenvalue weighted by Gasteiger charge is -2.00. The van der Waals surface area contributed by atoms with E-state index in [-0.39, 0.29) is 24.8 Å². The second-order valence-electron chi connectivity index (χ2n) is 3.48. The number of hydrogen-bond acceptors (Lipinski definition) is 2. The third-order valence-corrected chi connectivity index (χ3v) is 2.24. The number of aliphatic hydroxyl groups excluding tert-OH is 1. The van der Waals surface area contributed by atoms with Gasteiger partial charge >= 0.3 is 0 Å². The molecule has 16 heavy (non-hydrogen) atoms. The molecule has 1 rings (SSSR count). The Morgan fingerprint density at radius 1 is 1.19 bits per heavy atom. The van der Waals surface area contributed by atoms with Gasteiger partial charge in [-0.25, -0.2) is 0 Å². The molecule has 1 aromatic rings. The van der Waals surface area contributed by atoms with Gasteiger partial charge in [0, 0.05) is 18.6 Å². The zero-order valence-corrected chi connectivity index (χ0v) is 9.99. The molecule has 0 atom stereocenters. The van der Waals surface area contributed by atoms with Crippen LogP contribution in [0.4, 0.5) is 0 Å². The van der Waals surface area contributed by atoms with Gasteiger partial charge < -0.3 is 22.8 Å². The van der Waals surface area contributed by atoms with Crippen molar-refractivity contribution in [3.8, 4) is 0 Å². The Balaban J connectivity index is 0.00000225. The molecule has 0 amide bonds. The van der Waals surface area contributed by atoms with Crippen molar-refractivity contribution >= 4 is 5.78 Å². The van der Waals surface area contributed by atoms with E-state index < -0.39 is 0 Å². The van der Waals surface area contributed by atoms with Gasteiger partial charge in [-0.1, -0.05) is 30.3 Å². The molecule has 1 aromatic carbocycles. The van der Waals surface area contributed by atoms with Crippen LogP contribution in [0, 0.1) is 0 Å². The molecular formula is C12H18ClNO2. The van der Waals surface area contributed by atoms with Crippen LogP contribution in [0.5, 0.6) is 0 Å². The highest BCUT2D eigenvalue weighted by atomic mass is 35.5. The summed E-state index contributed by atoms with van der Waals surface area (Å²) in [5.74, 6) is 0.191. The number of carbonyl (C=O) groups is 1. The highest BCUT2D eigenvalue weighted by Crippen LogP contribution is 2.01. The topological polar surface area (TPSA) is 53.9 Å². The zero-order chi connectivity index (χ0) is 10.9. The molecule has 90 valence electrons. The molecule has 0 saturated heterocycles. The molecule has 0 bridgehead atoms. The van der Waals surface area contributed by atoms with E-state index in [1.165, 1.54) is 0 Å². The highest BCUT2D eigenvalue weighted by Gasteiger charge is 2.04. The summed E-state index contributed by atoms with van der Waals surface area (Å²) in [7, 11) is 0. The number of halogens is 1. The molecular weight excluding hydrogens is 226 g/mol. The highest BCUT2D eigenvalue weighted by molar-refractivity contribution is 5.95. The second kappa shape index (κ2) is 9.33. The second-order valence-corrected chi connectivity index (χ2v) is 3.48. The summed E-state index contributed by atoms with van der Waals surface area (Å²) in [5, 5.41) is 10.6. The van der Waals surface area contributed by atoms with Crippen LogP contribution < -0.4 is 17.7 Å². The first kappa shape index (κ1) is 15.1. The van der Waals surface area contributed by atoms with Gasteiger partial charge in [0.05, 0.1) is 19.5 Å². The number of rotatable bonds is 7. The molecule has 0 aromatic heterocycles. The Hall–Kier alpha value is -0.900. The van der Waals surface area contributed by atoms with Crippen LogP contribution in [-0.2, 0) is 0 Å². The minimum absolute atomic E-state index is 0. The van der Waals surface area contributed by atoms with E-state index in [2.05, 4.69) is 5.32 Å². The largest absolute Gasteiger partial charge is 1.00 e. The molecule has 0 unspecified atom stereocenters. The quantitative estimate of drug-likeness (QED) is 0.402. The predicted molar refractivity (Wildman–Crippen MR) is 58.8 cm³/mol. The van der Waals surface area contributed by atoms with Crippen LogP contribution in [0.15, 0.2) is 30.3 Å². The molecule has 0 saturated carbocycles. The maximum Gasteiger partial charge on any atom is 0.168 e. The Morgan fingerprint density at radius 3 is 2.50 bits per heavy atom. The molecule has 0 aliphatic rings. The van der Waals surface area contributed by atoms with Crippen LogP contribution in [0.1, 0.15) is 23.2 Å². The third kappa shape index (κ3) is 5.85. The first-order chi connectivity index (χ1) is 7.34. The Morgan fingerprint density at radius 2 is 1.88 bits per heavy atom. The lowest BCUT2D eigenvalue weighted by atomic mass is 10.1. The minimum Gasteiger partial charge on any atom is -1.00 e. The summed E-state index contributed by atoms with van der Waals surface area (Å²) in [6.07, 6.45) is 1.36. The maximum absolute atomic E-state index is 11.6. The average molecular weight is 244 g/mol. The van der Waals surface area contributed by atoms with Gasteiger partial charge in [-0.05, 0) is 0 Å². The lowest BCUT2D eigenvalue weighted by Crippen LogP contribution is -3.00. The summed E-state index contributed by atoms with van der Waals surface area (Å²) in [6.45, 7) is 1.91. The van der Waals surface area contributed by atoms with Crippen LogP contribution in [0.25, 0.3) is 0 Å². The number of quaternary nitrogens is 1. The van der Waals surface area contributed by atoms with Gasteiger partial charge in [0.15, 0.2) is 5.78 Å². The molecule has 0 radical (unpaired) electrons. The smallest absolute Gasteiger partial charge is 0.168 e. The van der Waals surface area contributed by atoms with Crippen LogP contribution in [0.2, 0.25) is 0 Å². The van der Waals surface area contributed by atoms with Crippen molar-refractivity contribution in [1.29, 1.82) is 0 Å². The monoisotopic (exact) mass is 243 g/mol. The number of hydrogen-bond donors (Lipinski definition) is 2. The normalized spacial score (nSPS) is 9.56. The predicted octanol–water partition coefficient (Wildman–Crippen LogP) is -2.79. The fourth-order valence-corrected chi connectivity index (χ4v) is 1.38. The zero-order valence-electron chi connectivity index (χ0n) is 9.23. The fourth-order valence-electron chi connectivity index (χ4n) is 1.38. The molecule has 0 heterocycles. The van der Waals surface area contributed by atoms with Crippen LogP contribution >= 0.6 is 0 Å². The van der Waals surface area contributed by atoms with Gasteiger partial charge in [-0.15, -0.1) is 0 Å². The van der Waals surface area contributed by atoms with Gasteiger partial charge in [0.1, 0.15) is 0 Å². The van der Waals surface area contributed by atoms with Gasteiger partial charge in [0.2, 0.25) is 0 Å². The molecule has 4 heteroatoms. The van der Waals surface area contributed by atoms with E-state index in [1.54, 1.807) is 0 Å². The van der Waals surface area contributed by atoms with Crippen molar-refractivity contribution in [1.82, 2.24) is 0 Å². The Labute approximate surface area is 102 Å². The van der Waals surface area contributed by atoms with E-state index in [0.29, 0.717) is 6.42 Å². The molecule has 3 N–H and O–H groups in total. The van der Waals surface area contributed by atoms with E-state index in [1.807, 2.05) is 30.3 Å². The fraction of sp³-hybridized carbons (Fsp3) is 0.417. The summed E-state index contributed by atoms with van der Waals surface area (Å²) in [5.41, 5.74) is 0.785. The first-order valence-electron chi connectivity index (χ1n) is 5.35. The average Bonchev–Trinajstić information content (AvgIpc) is 2.30. The molecule has 0 fully saturated rings. The van der Waals surface area contributed by atoms with E-state index in [9.17, 15) is 4.79 Å². The Kier molecular flexibility index (Phi) is 8.81. The number of aliphatic hydroxyl groups is 1.